The summed E-state index contributed by atoms with van der Waals surface area (Å²) in [6.07, 6.45) is 2.85. The number of amides is 2. The monoisotopic (exact) mass is 471 g/mol. The van der Waals surface area contributed by atoms with Gasteiger partial charge in [-0.3, -0.25) is 9.59 Å². The number of nitrogens with one attached hydrogen (secondary N) is 3. The van der Waals surface area contributed by atoms with Crippen LogP contribution in [-0.2, 0) is 4.79 Å². The molecule has 0 saturated carbocycles. The van der Waals surface area contributed by atoms with Crippen LogP contribution < -0.4 is 25.4 Å². The first-order valence-electron chi connectivity index (χ1n) is 10.4. The minimum absolute atomic E-state index is 0.0967. The first kappa shape index (κ1) is 21.1. The van der Waals surface area contributed by atoms with Gasteiger partial charge < -0.3 is 30.3 Å². The summed E-state index contributed by atoms with van der Waals surface area (Å²) in [5.41, 5.74) is 1.81. The first-order chi connectivity index (χ1) is 16.0. The largest absolute Gasteiger partial charge is 0.454 e. The molecular formula is C21H22ClN7O4. The molecule has 2 aliphatic rings. The summed E-state index contributed by atoms with van der Waals surface area (Å²) in [6, 6.07) is 4.60. The van der Waals surface area contributed by atoms with Gasteiger partial charge in [0.25, 0.3) is 5.91 Å². The molecule has 2 amide bonds. The molecule has 2 aliphatic heterocycles. The topological polar surface area (TPSA) is 122 Å². The summed E-state index contributed by atoms with van der Waals surface area (Å²) in [4.78, 5) is 31.4. The van der Waals surface area contributed by atoms with E-state index in [2.05, 4.69) is 26.0 Å². The molecular weight excluding hydrogens is 450 g/mol. The summed E-state index contributed by atoms with van der Waals surface area (Å²) >= 11 is 6.38. The van der Waals surface area contributed by atoms with E-state index < -0.39 is 11.9 Å². The Bertz CT molecular complexity index is 1260. The number of ether oxygens (including phenoxy) is 2. The lowest BCUT2D eigenvalue weighted by Crippen LogP contribution is -2.51. The Labute approximate surface area is 194 Å². The van der Waals surface area contributed by atoms with Crippen LogP contribution in [0.15, 0.2) is 24.4 Å². The second-order valence-electron chi connectivity index (χ2n) is 7.78. The number of piperidine rings is 1. The summed E-state index contributed by atoms with van der Waals surface area (Å²) in [5.74, 6) is 0.918. The van der Waals surface area contributed by atoms with Crippen LogP contribution in [0, 0.1) is 0 Å². The molecule has 0 unspecified atom stereocenters. The highest BCUT2D eigenvalue weighted by Gasteiger charge is 2.29. The van der Waals surface area contributed by atoms with Crippen LogP contribution in [0.5, 0.6) is 11.5 Å². The Kier molecular flexibility index (Phi) is 5.33. The van der Waals surface area contributed by atoms with E-state index in [4.69, 9.17) is 21.1 Å². The Morgan fingerprint density at radius 3 is 2.97 bits per heavy atom. The van der Waals surface area contributed by atoms with Gasteiger partial charge in [0.2, 0.25) is 12.7 Å². The quantitative estimate of drug-likeness (QED) is 0.518. The number of likely N-dealkylation sites (tertiary alicyclic amines) is 1. The normalized spacial score (nSPS) is 17.4. The molecule has 0 aliphatic carbocycles. The molecule has 0 spiro atoms. The smallest absolute Gasteiger partial charge is 0.272 e. The predicted octanol–water partition coefficient (Wildman–Crippen LogP) is 2.25. The van der Waals surface area contributed by atoms with E-state index >= 15 is 0 Å². The van der Waals surface area contributed by atoms with Crippen LogP contribution in [-0.4, -0.2) is 64.8 Å². The molecule has 1 saturated heterocycles. The van der Waals surface area contributed by atoms with Gasteiger partial charge in [-0.1, -0.05) is 11.6 Å². The molecule has 0 radical (unpaired) electrons. The molecule has 0 bridgehead atoms. The van der Waals surface area contributed by atoms with E-state index in [1.165, 1.54) is 10.7 Å². The van der Waals surface area contributed by atoms with Gasteiger partial charge in [0.15, 0.2) is 28.7 Å². The van der Waals surface area contributed by atoms with Crippen molar-refractivity contribution in [1.29, 1.82) is 0 Å². The third kappa shape index (κ3) is 3.74. The van der Waals surface area contributed by atoms with Crippen LogP contribution >= 0.6 is 11.6 Å². The molecule has 3 N–H and O–H groups in total. The molecule has 1 atom stereocenters. The molecule has 12 heteroatoms. The Morgan fingerprint density at radius 2 is 2.15 bits per heavy atom. The lowest BCUT2D eigenvalue weighted by Gasteiger charge is -2.29. The minimum atomic E-state index is -0.574. The number of carbonyl (C=O) groups excluding carboxylic acids is 2. The average Bonchev–Trinajstić information content (AvgIpc) is 3.45. The van der Waals surface area contributed by atoms with Gasteiger partial charge in [0.05, 0.1) is 16.9 Å². The fraction of sp³-hybridized carbons (Fsp3) is 0.333. The number of likely N-dealkylation sites (N-methyl/N-ethyl adjacent to an activating group) is 1. The number of rotatable bonds is 5. The number of benzene rings is 1. The highest BCUT2D eigenvalue weighted by Crippen LogP contribution is 2.44. The lowest BCUT2D eigenvalue weighted by atomic mass is 10.1. The number of aromatic nitrogens is 3. The van der Waals surface area contributed by atoms with Crippen molar-refractivity contribution in [3.05, 3.63) is 35.1 Å². The van der Waals surface area contributed by atoms with Gasteiger partial charge in [-0.15, -0.1) is 5.10 Å². The second kappa shape index (κ2) is 8.32. The standard InChI is InChI=1S/C21H22ClN7O4/c1-23-13-8-16(26-17-11(22)5-6-15-18(17)33-10-32-15)27-29-14(9-24-19(13)29)20(30)25-12-4-3-7-28(2)21(12)31/h5-6,8-9,12,23H,3-4,7,10H2,1-2H3,(H,25,30)(H,26,27)/t12-/m1/s1. The zero-order chi connectivity index (χ0) is 23.1. The van der Waals surface area contributed by atoms with Crippen LogP contribution in [0.25, 0.3) is 5.65 Å². The highest BCUT2D eigenvalue weighted by molar-refractivity contribution is 6.33. The molecule has 2 aromatic heterocycles. The second-order valence-corrected chi connectivity index (χ2v) is 8.19. The predicted molar refractivity (Wildman–Crippen MR) is 122 cm³/mol. The van der Waals surface area contributed by atoms with Gasteiger partial charge in [-0.25, -0.2) is 9.50 Å². The third-order valence-electron chi connectivity index (χ3n) is 5.68. The summed E-state index contributed by atoms with van der Waals surface area (Å²) in [5, 5.41) is 14.0. The number of fused-ring (bicyclic) bond motifs is 2. The number of carbonyl (C=O) groups is 2. The van der Waals surface area contributed by atoms with Crippen molar-refractivity contribution >= 4 is 46.3 Å². The molecule has 3 aromatic rings. The SMILES string of the molecule is CNc1cc(Nc2c(Cl)ccc3c2OCO3)nn2c(C(=O)N[C@@H]3CCCN(C)C3=O)cnc12. The Morgan fingerprint density at radius 1 is 1.30 bits per heavy atom. The van der Waals surface area contributed by atoms with Crippen molar-refractivity contribution in [3.8, 4) is 11.5 Å². The third-order valence-corrected chi connectivity index (χ3v) is 5.99. The van der Waals surface area contributed by atoms with Crippen LogP contribution in [0.3, 0.4) is 0 Å². The number of nitrogens with zero attached hydrogens (tertiary/aromatic N) is 4. The maximum atomic E-state index is 13.0. The van der Waals surface area contributed by atoms with Crippen LogP contribution in [0.4, 0.5) is 17.2 Å². The summed E-state index contributed by atoms with van der Waals surface area (Å²) < 4.78 is 12.4. The zero-order valence-electron chi connectivity index (χ0n) is 18.0. The van der Waals surface area contributed by atoms with E-state index in [0.29, 0.717) is 52.3 Å². The van der Waals surface area contributed by atoms with Gasteiger partial charge in [-0.05, 0) is 25.0 Å². The fourth-order valence-electron chi connectivity index (χ4n) is 3.96. The zero-order valence-corrected chi connectivity index (χ0v) is 18.8. The number of imidazole rings is 1. The van der Waals surface area contributed by atoms with Crippen molar-refractivity contribution < 1.29 is 19.1 Å². The molecule has 172 valence electrons. The van der Waals surface area contributed by atoms with E-state index in [1.54, 1.807) is 37.2 Å². The minimum Gasteiger partial charge on any atom is -0.454 e. The van der Waals surface area contributed by atoms with Crippen LogP contribution in [0.1, 0.15) is 23.3 Å². The molecule has 1 aromatic carbocycles. The van der Waals surface area contributed by atoms with Gasteiger partial charge in [0.1, 0.15) is 11.7 Å². The number of halogens is 1. The van der Waals surface area contributed by atoms with Crippen molar-refractivity contribution in [2.75, 3.05) is 38.1 Å². The van der Waals surface area contributed by atoms with Crippen LogP contribution in [0.2, 0.25) is 5.02 Å². The van der Waals surface area contributed by atoms with E-state index in [-0.39, 0.29) is 18.4 Å². The Hall–Kier alpha value is -3.73. The highest BCUT2D eigenvalue weighted by atomic mass is 35.5. The maximum absolute atomic E-state index is 13.0. The molecule has 33 heavy (non-hydrogen) atoms. The number of anilines is 3. The van der Waals surface area contributed by atoms with Crippen molar-refractivity contribution in [3.63, 3.8) is 0 Å². The maximum Gasteiger partial charge on any atom is 0.272 e. The van der Waals surface area contributed by atoms with Crippen molar-refractivity contribution in [2.45, 2.75) is 18.9 Å². The molecule has 4 heterocycles. The van der Waals surface area contributed by atoms with E-state index in [9.17, 15) is 9.59 Å². The van der Waals surface area contributed by atoms with Crippen molar-refractivity contribution in [1.82, 2.24) is 24.8 Å². The number of hydrogen-bond donors (Lipinski definition) is 3. The van der Waals surface area contributed by atoms with Gasteiger partial charge in [0, 0.05) is 26.7 Å². The average molecular weight is 472 g/mol. The van der Waals surface area contributed by atoms with Gasteiger partial charge >= 0.3 is 0 Å². The molecule has 11 nitrogen and oxygen atoms in total. The van der Waals surface area contributed by atoms with E-state index in [1.807, 2.05) is 0 Å². The van der Waals surface area contributed by atoms with E-state index in [0.717, 1.165) is 6.42 Å². The molecule has 1 fully saturated rings. The lowest BCUT2D eigenvalue weighted by molar-refractivity contribution is -0.134. The van der Waals surface area contributed by atoms with Gasteiger partial charge in [-0.2, -0.15) is 0 Å². The first-order valence-corrected chi connectivity index (χ1v) is 10.8. The summed E-state index contributed by atoms with van der Waals surface area (Å²) in [7, 11) is 3.47. The fourth-order valence-corrected chi connectivity index (χ4v) is 4.16. The van der Waals surface area contributed by atoms with Crippen molar-refractivity contribution in [2.24, 2.45) is 0 Å². The molecule has 5 rings (SSSR count). The Balaban J connectivity index is 1.49. The summed E-state index contributed by atoms with van der Waals surface area (Å²) in [6.45, 7) is 0.781. The number of hydrogen-bond acceptors (Lipinski definition) is 8.